The number of unbranched alkanes of at least 4 members (excludes halogenated alkanes) is 1. The van der Waals surface area contributed by atoms with E-state index in [0.29, 0.717) is 13.0 Å². The molecule has 5 N–H and O–H groups in total. The lowest BCUT2D eigenvalue weighted by Gasteiger charge is -2.22. The zero-order chi connectivity index (χ0) is 15.4. The van der Waals surface area contributed by atoms with Crippen LogP contribution < -0.4 is 16.4 Å². The van der Waals surface area contributed by atoms with Crippen LogP contribution in [0.25, 0.3) is 0 Å². The van der Waals surface area contributed by atoms with Crippen LogP contribution in [0.5, 0.6) is 0 Å². The van der Waals surface area contributed by atoms with Crippen molar-refractivity contribution in [1.29, 1.82) is 0 Å². The van der Waals surface area contributed by atoms with Crippen molar-refractivity contribution < 1.29 is 10.0 Å². The molecule has 0 saturated heterocycles. The molecule has 0 aromatic heterocycles. The van der Waals surface area contributed by atoms with E-state index in [1.165, 1.54) is 0 Å². The molecule has 118 valence electrons. The first-order valence-electron chi connectivity index (χ1n) is 7.39. The Morgan fingerprint density at radius 1 is 1.25 bits per heavy atom. The van der Waals surface area contributed by atoms with Gasteiger partial charge in [0.1, 0.15) is 5.84 Å². The normalized spacial score (nSPS) is 12.4. The summed E-state index contributed by atoms with van der Waals surface area (Å²) in [5.41, 5.74) is 5.36. The maximum absolute atomic E-state index is 11.3. The highest BCUT2D eigenvalue weighted by Gasteiger charge is 2.22. The zero-order valence-corrected chi connectivity index (χ0v) is 13.0. The Hall–Kier alpha value is -1.30. The molecule has 0 atom stereocenters. The van der Waals surface area contributed by atoms with E-state index in [1.807, 2.05) is 20.8 Å². The molecule has 0 aliphatic carbocycles. The van der Waals surface area contributed by atoms with Crippen LogP contribution in [0.1, 0.15) is 52.9 Å². The van der Waals surface area contributed by atoms with Gasteiger partial charge in [-0.05, 0) is 25.8 Å². The number of nitrogens with one attached hydrogen (secondary N) is 2. The topological polar surface area (TPSA) is 99.7 Å². The predicted molar refractivity (Wildman–Crippen MR) is 81.8 cm³/mol. The van der Waals surface area contributed by atoms with Crippen molar-refractivity contribution in [3.63, 3.8) is 0 Å². The first-order valence-corrected chi connectivity index (χ1v) is 7.39. The van der Waals surface area contributed by atoms with Gasteiger partial charge in [-0.25, -0.2) is 0 Å². The fourth-order valence-corrected chi connectivity index (χ4v) is 1.76. The summed E-state index contributed by atoms with van der Waals surface area (Å²) in [6.07, 6.45) is 4.38. The summed E-state index contributed by atoms with van der Waals surface area (Å²) in [7, 11) is 0. The van der Waals surface area contributed by atoms with Gasteiger partial charge in [0.15, 0.2) is 0 Å². The molecule has 0 saturated carbocycles. The highest BCUT2D eigenvalue weighted by Crippen LogP contribution is 2.22. The minimum atomic E-state index is -0.269. The standard InChI is InChI=1S/C14H30N4O2/c1-4-9-17-12(19)7-11-16-10-6-5-8-14(2,3)13(15)18-20/h16,20H,4-11H2,1-3H3,(H2,15,18)(H,17,19). The van der Waals surface area contributed by atoms with E-state index in [9.17, 15) is 4.79 Å². The van der Waals surface area contributed by atoms with Crippen molar-refractivity contribution >= 4 is 11.7 Å². The van der Waals surface area contributed by atoms with Crippen LogP contribution in [0.2, 0.25) is 0 Å². The summed E-state index contributed by atoms with van der Waals surface area (Å²) >= 11 is 0. The van der Waals surface area contributed by atoms with Crippen molar-refractivity contribution in [2.45, 2.75) is 52.9 Å². The largest absolute Gasteiger partial charge is 0.409 e. The van der Waals surface area contributed by atoms with E-state index in [4.69, 9.17) is 10.9 Å². The average Bonchev–Trinajstić information content (AvgIpc) is 2.42. The van der Waals surface area contributed by atoms with Gasteiger partial charge in [-0.3, -0.25) is 4.79 Å². The van der Waals surface area contributed by atoms with Crippen molar-refractivity contribution in [3.8, 4) is 0 Å². The third-order valence-corrected chi connectivity index (χ3v) is 3.31. The van der Waals surface area contributed by atoms with Crippen LogP contribution >= 0.6 is 0 Å². The Morgan fingerprint density at radius 2 is 1.95 bits per heavy atom. The van der Waals surface area contributed by atoms with Gasteiger partial charge in [0, 0.05) is 24.9 Å². The molecule has 1 amide bonds. The number of nitrogens with zero attached hydrogens (tertiary/aromatic N) is 1. The summed E-state index contributed by atoms with van der Waals surface area (Å²) in [4.78, 5) is 11.3. The zero-order valence-electron chi connectivity index (χ0n) is 13.0. The van der Waals surface area contributed by atoms with Gasteiger partial charge >= 0.3 is 0 Å². The summed E-state index contributed by atoms with van der Waals surface area (Å²) in [6.45, 7) is 8.31. The lowest BCUT2D eigenvalue weighted by Crippen LogP contribution is -2.32. The Bertz CT molecular complexity index is 304. The van der Waals surface area contributed by atoms with Gasteiger partial charge in [-0.1, -0.05) is 32.3 Å². The van der Waals surface area contributed by atoms with Crippen LogP contribution in [-0.2, 0) is 4.79 Å². The van der Waals surface area contributed by atoms with Gasteiger partial charge in [-0.15, -0.1) is 0 Å². The van der Waals surface area contributed by atoms with E-state index >= 15 is 0 Å². The fourth-order valence-electron chi connectivity index (χ4n) is 1.76. The van der Waals surface area contributed by atoms with Gasteiger partial charge in [0.05, 0.1) is 0 Å². The molecule has 0 aliphatic rings. The Balaban J connectivity index is 3.52. The van der Waals surface area contributed by atoms with Gasteiger partial charge in [-0.2, -0.15) is 0 Å². The molecule has 0 bridgehead atoms. The molecule has 0 unspecified atom stereocenters. The van der Waals surface area contributed by atoms with Crippen molar-refractivity contribution in [3.05, 3.63) is 0 Å². The molecule has 20 heavy (non-hydrogen) atoms. The predicted octanol–water partition coefficient (Wildman–Crippen LogP) is 1.44. The van der Waals surface area contributed by atoms with E-state index < -0.39 is 0 Å². The number of hydrogen-bond donors (Lipinski definition) is 4. The van der Waals surface area contributed by atoms with E-state index in [2.05, 4.69) is 15.8 Å². The quantitative estimate of drug-likeness (QED) is 0.152. The molecular weight excluding hydrogens is 256 g/mol. The molecule has 0 aromatic rings. The highest BCUT2D eigenvalue weighted by molar-refractivity contribution is 5.85. The van der Waals surface area contributed by atoms with E-state index in [0.717, 1.165) is 38.8 Å². The number of carbonyl (C=O) groups is 1. The Labute approximate surface area is 122 Å². The minimum Gasteiger partial charge on any atom is -0.409 e. The van der Waals surface area contributed by atoms with Gasteiger partial charge < -0.3 is 21.6 Å². The van der Waals surface area contributed by atoms with Crippen LogP contribution in [-0.4, -0.2) is 36.6 Å². The molecule has 0 fully saturated rings. The molecule has 0 heterocycles. The van der Waals surface area contributed by atoms with Crippen LogP contribution in [0.15, 0.2) is 5.16 Å². The van der Waals surface area contributed by atoms with E-state index in [-0.39, 0.29) is 17.2 Å². The lowest BCUT2D eigenvalue weighted by molar-refractivity contribution is -0.120. The van der Waals surface area contributed by atoms with Crippen molar-refractivity contribution in [2.24, 2.45) is 16.3 Å². The van der Waals surface area contributed by atoms with Crippen molar-refractivity contribution in [2.75, 3.05) is 19.6 Å². The highest BCUT2D eigenvalue weighted by atomic mass is 16.4. The number of nitrogens with two attached hydrogens (primary N) is 1. The van der Waals surface area contributed by atoms with Gasteiger partial charge in [0.2, 0.25) is 5.91 Å². The lowest BCUT2D eigenvalue weighted by atomic mass is 9.86. The average molecular weight is 286 g/mol. The number of amidine groups is 1. The second kappa shape index (κ2) is 10.5. The number of amides is 1. The molecular formula is C14H30N4O2. The van der Waals surface area contributed by atoms with Crippen LogP contribution in [0.4, 0.5) is 0 Å². The van der Waals surface area contributed by atoms with Gasteiger partial charge in [0.25, 0.3) is 0 Å². The molecule has 6 heteroatoms. The monoisotopic (exact) mass is 286 g/mol. The summed E-state index contributed by atoms with van der Waals surface area (Å²) in [5.74, 6) is 0.380. The number of oxime groups is 1. The molecule has 0 aliphatic heterocycles. The smallest absolute Gasteiger partial charge is 0.221 e. The molecule has 0 aromatic carbocycles. The summed E-state index contributed by atoms with van der Waals surface area (Å²) in [5, 5.41) is 17.8. The molecule has 0 spiro atoms. The Kier molecular flexibility index (Phi) is 9.80. The number of hydrogen-bond acceptors (Lipinski definition) is 4. The van der Waals surface area contributed by atoms with Crippen LogP contribution in [0.3, 0.4) is 0 Å². The SMILES string of the molecule is CCCNC(=O)CCNCCCCC(C)(C)C(N)=NO. The third kappa shape index (κ3) is 8.74. The van der Waals surface area contributed by atoms with Crippen molar-refractivity contribution in [1.82, 2.24) is 10.6 Å². The maximum Gasteiger partial charge on any atom is 0.221 e. The molecule has 0 rings (SSSR count). The fraction of sp³-hybridized carbons (Fsp3) is 0.857. The maximum atomic E-state index is 11.3. The third-order valence-electron chi connectivity index (χ3n) is 3.31. The number of carbonyl (C=O) groups excluding carboxylic acids is 1. The second-order valence-electron chi connectivity index (χ2n) is 5.68. The summed E-state index contributed by atoms with van der Waals surface area (Å²) < 4.78 is 0. The summed E-state index contributed by atoms with van der Waals surface area (Å²) in [6, 6.07) is 0. The Morgan fingerprint density at radius 3 is 2.55 bits per heavy atom. The molecule has 0 radical (unpaired) electrons. The van der Waals surface area contributed by atoms with Crippen LogP contribution in [0, 0.1) is 5.41 Å². The number of rotatable bonds is 11. The molecule has 6 nitrogen and oxygen atoms in total. The first-order chi connectivity index (χ1) is 9.44. The second-order valence-corrected chi connectivity index (χ2v) is 5.68. The minimum absolute atomic E-state index is 0.104. The van der Waals surface area contributed by atoms with E-state index in [1.54, 1.807) is 0 Å². The first kappa shape index (κ1) is 18.7.